The van der Waals surface area contributed by atoms with E-state index >= 15 is 0 Å². The van der Waals surface area contributed by atoms with Crippen molar-refractivity contribution < 1.29 is 4.39 Å². The molecule has 19 heavy (non-hydrogen) atoms. The van der Waals surface area contributed by atoms with Gasteiger partial charge in [-0.2, -0.15) is 5.10 Å². The summed E-state index contributed by atoms with van der Waals surface area (Å²) >= 11 is 0. The molecule has 3 rings (SSSR count). The molecule has 94 valence electrons. The minimum absolute atomic E-state index is 0.356. The molecule has 0 unspecified atom stereocenters. The standard InChI is InChI=1S/C13H10FN5/c14-10-5-2-1-4-9(10)12-11(15)8-19(18-12)13-16-6-3-7-17-13/h1-8H,15H2. The number of aromatic nitrogens is 4. The van der Waals surface area contributed by atoms with Crippen molar-refractivity contribution in [1.29, 1.82) is 0 Å². The van der Waals surface area contributed by atoms with E-state index < -0.39 is 0 Å². The molecule has 1 aromatic carbocycles. The predicted octanol–water partition coefficient (Wildman–Crippen LogP) is 2.05. The van der Waals surface area contributed by atoms with Crippen molar-refractivity contribution in [1.82, 2.24) is 19.7 Å². The number of benzene rings is 1. The van der Waals surface area contributed by atoms with Gasteiger partial charge in [-0.3, -0.25) is 0 Å². The Labute approximate surface area is 108 Å². The lowest BCUT2D eigenvalue weighted by molar-refractivity contribution is 0.630. The Morgan fingerprint density at radius 3 is 2.53 bits per heavy atom. The lowest BCUT2D eigenvalue weighted by atomic mass is 10.1. The van der Waals surface area contributed by atoms with Gasteiger partial charge in [-0.15, -0.1) is 0 Å². The van der Waals surface area contributed by atoms with Gasteiger partial charge in [0.25, 0.3) is 5.95 Å². The summed E-state index contributed by atoms with van der Waals surface area (Å²) in [7, 11) is 0. The number of nitrogen functional groups attached to an aromatic ring is 1. The molecule has 2 N–H and O–H groups in total. The number of hydrogen-bond donors (Lipinski definition) is 1. The molecule has 0 atom stereocenters. The lowest BCUT2D eigenvalue weighted by Crippen LogP contribution is -2.00. The van der Waals surface area contributed by atoms with Crippen molar-refractivity contribution in [2.24, 2.45) is 0 Å². The molecule has 2 aromatic heterocycles. The summed E-state index contributed by atoms with van der Waals surface area (Å²) < 4.78 is 15.2. The Hall–Kier alpha value is -2.76. The summed E-state index contributed by atoms with van der Waals surface area (Å²) in [5.74, 6) is 0.0187. The molecule has 0 saturated heterocycles. The maximum absolute atomic E-state index is 13.7. The van der Waals surface area contributed by atoms with Crippen LogP contribution in [0, 0.1) is 5.82 Å². The van der Waals surface area contributed by atoms with Crippen LogP contribution >= 0.6 is 0 Å². The smallest absolute Gasteiger partial charge is 0.250 e. The molecular formula is C13H10FN5. The van der Waals surface area contributed by atoms with E-state index in [-0.39, 0.29) is 5.82 Å². The average molecular weight is 255 g/mol. The van der Waals surface area contributed by atoms with Gasteiger partial charge >= 0.3 is 0 Å². The van der Waals surface area contributed by atoms with Gasteiger partial charge in [0.1, 0.15) is 11.5 Å². The first-order valence-electron chi connectivity index (χ1n) is 5.63. The Morgan fingerprint density at radius 2 is 1.79 bits per heavy atom. The molecule has 6 heteroatoms. The fraction of sp³-hybridized carbons (Fsp3) is 0. The molecule has 0 spiro atoms. The van der Waals surface area contributed by atoms with Crippen LogP contribution in [0.25, 0.3) is 17.2 Å². The van der Waals surface area contributed by atoms with Crippen LogP contribution in [0.4, 0.5) is 10.1 Å². The fourth-order valence-electron chi connectivity index (χ4n) is 1.76. The van der Waals surface area contributed by atoms with Gasteiger partial charge in [0.05, 0.1) is 11.9 Å². The first-order valence-corrected chi connectivity index (χ1v) is 5.63. The fourth-order valence-corrected chi connectivity index (χ4v) is 1.76. The largest absolute Gasteiger partial charge is 0.396 e. The quantitative estimate of drug-likeness (QED) is 0.760. The normalized spacial score (nSPS) is 10.6. The second-order valence-electron chi connectivity index (χ2n) is 3.91. The topological polar surface area (TPSA) is 69.6 Å². The molecule has 0 fully saturated rings. The summed E-state index contributed by atoms with van der Waals surface area (Å²) in [6, 6.07) is 8.05. The third kappa shape index (κ3) is 2.03. The number of anilines is 1. The van der Waals surface area contributed by atoms with E-state index in [4.69, 9.17) is 5.73 Å². The van der Waals surface area contributed by atoms with Gasteiger partial charge in [0, 0.05) is 18.0 Å². The van der Waals surface area contributed by atoms with E-state index in [2.05, 4.69) is 15.1 Å². The second kappa shape index (κ2) is 4.49. The Balaban J connectivity index is 2.11. The zero-order valence-corrected chi connectivity index (χ0v) is 9.86. The molecule has 0 radical (unpaired) electrons. The maximum Gasteiger partial charge on any atom is 0.250 e. The van der Waals surface area contributed by atoms with Crippen LogP contribution in [-0.2, 0) is 0 Å². The Morgan fingerprint density at radius 1 is 1.05 bits per heavy atom. The van der Waals surface area contributed by atoms with E-state index in [1.54, 1.807) is 42.9 Å². The zero-order chi connectivity index (χ0) is 13.2. The minimum atomic E-state index is -0.367. The van der Waals surface area contributed by atoms with Crippen molar-refractivity contribution >= 4 is 5.69 Å². The molecule has 0 aliphatic rings. The highest BCUT2D eigenvalue weighted by Crippen LogP contribution is 2.26. The SMILES string of the molecule is Nc1cn(-c2ncccn2)nc1-c1ccccc1F. The number of nitrogens with zero attached hydrogens (tertiary/aromatic N) is 4. The van der Waals surface area contributed by atoms with Crippen LogP contribution in [0.1, 0.15) is 0 Å². The monoisotopic (exact) mass is 255 g/mol. The summed E-state index contributed by atoms with van der Waals surface area (Å²) in [4.78, 5) is 8.12. The molecule has 3 aromatic rings. The van der Waals surface area contributed by atoms with Crippen LogP contribution < -0.4 is 5.73 Å². The molecule has 0 amide bonds. The van der Waals surface area contributed by atoms with Gasteiger partial charge in [-0.1, -0.05) is 12.1 Å². The highest BCUT2D eigenvalue weighted by atomic mass is 19.1. The number of nitrogens with two attached hydrogens (primary N) is 1. The van der Waals surface area contributed by atoms with Crippen LogP contribution in [0.3, 0.4) is 0 Å². The molecular weight excluding hydrogens is 245 g/mol. The van der Waals surface area contributed by atoms with E-state index in [9.17, 15) is 4.39 Å². The molecule has 5 nitrogen and oxygen atoms in total. The van der Waals surface area contributed by atoms with Crippen LogP contribution in [0.15, 0.2) is 48.9 Å². The van der Waals surface area contributed by atoms with E-state index in [1.807, 2.05) is 0 Å². The highest BCUT2D eigenvalue weighted by Gasteiger charge is 2.13. The van der Waals surface area contributed by atoms with Crippen LogP contribution in [-0.4, -0.2) is 19.7 Å². The van der Waals surface area contributed by atoms with Gasteiger partial charge in [-0.25, -0.2) is 19.0 Å². The molecule has 2 heterocycles. The minimum Gasteiger partial charge on any atom is -0.396 e. The van der Waals surface area contributed by atoms with Crippen molar-refractivity contribution in [2.75, 3.05) is 5.73 Å². The average Bonchev–Trinajstić information content (AvgIpc) is 2.82. The van der Waals surface area contributed by atoms with E-state index in [0.29, 0.717) is 22.9 Å². The summed E-state index contributed by atoms with van der Waals surface area (Å²) in [5, 5.41) is 4.24. The van der Waals surface area contributed by atoms with Crippen molar-refractivity contribution in [3.05, 3.63) is 54.7 Å². The molecule has 0 aliphatic heterocycles. The molecule has 0 saturated carbocycles. The van der Waals surface area contributed by atoms with Gasteiger partial charge < -0.3 is 5.73 Å². The van der Waals surface area contributed by atoms with Crippen LogP contribution in [0.2, 0.25) is 0 Å². The number of rotatable bonds is 2. The van der Waals surface area contributed by atoms with E-state index in [1.165, 1.54) is 10.7 Å². The van der Waals surface area contributed by atoms with Gasteiger partial charge in [0.2, 0.25) is 0 Å². The first-order chi connectivity index (χ1) is 9.25. The summed E-state index contributed by atoms with van der Waals surface area (Å²) in [6.45, 7) is 0. The van der Waals surface area contributed by atoms with Gasteiger partial charge in [0.15, 0.2) is 0 Å². The predicted molar refractivity (Wildman–Crippen MR) is 69.0 cm³/mol. The Bertz CT molecular complexity index is 708. The van der Waals surface area contributed by atoms with Gasteiger partial charge in [-0.05, 0) is 18.2 Å². The first kappa shape index (κ1) is 11.3. The maximum atomic E-state index is 13.7. The van der Waals surface area contributed by atoms with E-state index in [0.717, 1.165) is 0 Å². The summed E-state index contributed by atoms with van der Waals surface area (Å²) in [6.07, 6.45) is 4.77. The second-order valence-corrected chi connectivity index (χ2v) is 3.91. The third-order valence-electron chi connectivity index (χ3n) is 2.63. The Kier molecular flexibility index (Phi) is 2.68. The molecule has 0 bridgehead atoms. The summed E-state index contributed by atoms with van der Waals surface area (Å²) in [5.41, 5.74) is 6.98. The van der Waals surface area contributed by atoms with Crippen molar-refractivity contribution in [3.8, 4) is 17.2 Å². The number of hydrogen-bond acceptors (Lipinski definition) is 4. The zero-order valence-electron chi connectivity index (χ0n) is 9.86. The highest BCUT2D eigenvalue weighted by molar-refractivity contribution is 5.72. The third-order valence-corrected chi connectivity index (χ3v) is 2.63. The lowest BCUT2D eigenvalue weighted by Gasteiger charge is -2.00. The van der Waals surface area contributed by atoms with Crippen LogP contribution in [0.5, 0.6) is 0 Å². The molecule has 0 aliphatic carbocycles. The number of halogens is 1. The van der Waals surface area contributed by atoms with Crippen molar-refractivity contribution in [2.45, 2.75) is 0 Å². The van der Waals surface area contributed by atoms with Crippen molar-refractivity contribution in [3.63, 3.8) is 0 Å².